The SMILES string of the molecule is C=CCCOC(=O)[C@@H]1[C@H]2C(=O)N([C@@H](CO)CC(C)C)C(C(=O)N(CC=C)C(C)(C)CC(C)(C)C)C23CC[C@@]1(C)S3. The molecule has 0 saturated carbocycles. The van der Waals surface area contributed by atoms with Gasteiger partial charge in [0.2, 0.25) is 11.8 Å². The van der Waals surface area contributed by atoms with Gasteiger partial charge < -0.3 is 19.6 Å². The van der Waals surface area contributed by atoms with Crippen LogP contribution in [-0.2, 0) is 19.1 Å². The Kier molecular flexibility index (Phi) is 9.67. The lowest BCUT2D eigenvalue weighted by molar-refractivity contribution is -0.156. The normalized spacial score (nSPS) is 30.4. The number of rotatable bonds is 13. The van der Waals surface area contributed by atoms with Gasteiger partial charge >= 0.3 is 5.97 Å². The molecule has 3 saturated heterocycles. The quantitative estimate of drug-likeness (QED) is 0.184. The lowest BCUT2D eigenvalue weighted by atomic mass is 9.66. The van der Waals surface area contributed by atoms with Crippen molar-refractivity contribution in [2.24, 2.45) is 23.2 Å². The Hall–Kier alpha value is -1.80. The number of amides is 2. The molecule has 1 spiro atoms. The summed E-state index contributed by atoms with van der Waals surface area (Å²) in [5.74, 6) is -1.79. The second kappa shape index (κ2) is 11.8. The maximum atomic E-state index is 14.9. The predicted molar refractivity (Wildman–Crippen MR) is 162 cm³/mol. The number of aliphatic hydroxyl groups excluding tert-OH is 1. The fraction of sp³-hybridized carbons (Fsp3) is 0.781. The van der Waals surface area contributed by atoms with E-state index in [1.165, 1.54) is 0 Å². The topological polar surface area (TPSA) is 87.1 Å². The number of aliphatic hydroxyl groups is 1. The van der Waals surface area contributed by atoms with Gasteiger partial charge in [-0.2, -0.15) is 0 Å². The van der Waals surface area contributed by atoms with Gasteiger partial charge in [-0.3, -0.25) is 14.4 Å². The summed E-state index contributed by atoms with van der Waals surface area (Å²) in [6.45, 7) is 24.8. The molecule has 1 N–H and O–H groups in total. The molecule has 8 heteroatoms. The Morgan fingerprint density at radius 3 is 2.38 bits per heavy atom. The number of carbonyl (C=O) groups excluding carboxylic acids is 3. The van der Waals surface area contributed by atoms with Crippen LogP contribution in [0.2, 0.25) is 0 Å². The van der Waals surface area contributed by atoms with Crippen molar-refractivity contribution in [2.75, 3.05) is 19.8 Å². The van der Waals surface area contributed by atoms with Crippen molar-refractivity contribution in [3.05, 3.63) is 25.3 Å². The number of hydrogen-bond donors (Lipinski definition) is 1. The highest BCUT2D eigenvalue weighted by Gasteiger charge is 2.78. The molecule has 0 aromatic heterocycles. The predicted octanol–water partition coefficient (Wildman–Crippen LogP) is 5.22. The zero-order valence-corrected chi connectivity index (χ0v) is 26.8. The van der Waals surface area contributed by atoms with Crippen molar-refractivity contribution in [2.45, 2.75) is 115 Å². The summed E-state index contributed by atoms with van der Waals surface area (Å²) in [5, 5.41) is 10.6. The van der Waals surface area contributed by atoms with Crippen LogP contribution in [0.1, 0.15) is 87.5 Å². The fourth-order valence-corrected chi connectivity index (χ4v) is 10.2. The minimum absolute atomic E-state index is 0.0329. The molecule has 2 bridgehead atoms. The van der Waals surface area contributed by atoms with Gasteiger partial charge in [0.25, 0.3) is 0 Å². The van der Waals surface area contributed by atoms with Gasteiger partial charge in [-0.05, 0) is 64.2 Å². The van der Waals surface area contributed by atoms with Gasteiger partial charge in [-0.1, -0.05) is 46.8 Å². The van der Waals surface area contributed by atoms with Crippen molar-refractivity contribution < 1.29 is 24.2 Å². The standard InChI is InChI=1S/C32H52N2O5S/c1-11-13-17-39-28(38)24-23-26(36)34(22(19-35)18-21(3)4)25(32(23)15-14-31(24,10)40-32)27(37)33(16-12-2)30(8,9)20-29(5,6)7/h11-12,21-25,35H,1-2,13-20H2,3-10H3/t22-,23+,24+,25?,31-,32?/m1/s1. The van der Waals surface area contributed by atoms with E-state index in [9.17, 15) is 19.5 Å². The highest BCUT2D eigenvalue weighted by molar-refractivity contribution is 8.02. The molecule has 3 rings (SSSR count). The number of nitrogens with zero attached hydrogens (tertiary/aromatic N) is 2. The largest absolute Gasteiger partial charge is 0.465 e. The van der Waals surface area contributed by atoms with Crippen molar-refractivity contribution in [3.8, 4) is 0 Å². The summed E-state index contributed by atoms with van der Waals surface area (Å²) in [6, 6.07) is -1.29. The highest BCUT2D eigenvalue weighted by Crippen LogP contribution is 2.72. The first-order valence-electron chi connectivity index (χ1n) is 14.8. The highest BCUT2D eigenvalue weighted by atomic mass is 32.2. The van der Waals surface area contributed by atoms with E-state index >= 15 is 0 Å². The third kappa shape index (κ3) is 5.90. The van der Waals surface area contributed by atoms with Crippen molar-refractivity contribution in [3.63, 3.8) is 0 Å². The molecule has 2 unspecified atom stereocenters. The second-order valence-electron chi connectivity index (χ2n) is 14.5. The summed E-state index contributed by atoms with van der Waals surface area (Å²) in [4.78, 5) is 46.5. The van der Waals surface area contributed by atoms with Gasteiger partial charge in [0.15, 0.2) is 0 Å². The lowest BCUT2D eigenvalue weighted by Crippen LogP contribution is -2.61. The van der Waals surface area contributed by atoms with Crippen LogP contribution < -0.4 is 0 Å². The summed E-state index contributed by atoms with van der Waals surface area (Å²) < 4.78 is 4.41. The third-order valence-electron chi connectivity index (χ3n) is 8.89. The molecule has 40 heavy (non-hydrogen) atoms. The smallest absolute Gasteiger partial charge is 0.311 e. The molecular weight excluding hydrogens is 524 g/mol. The Labute approximate surface area is 246 Å². The molecule has 3 aliphatic heterocycles. The van der Waals surface area contributed by atoms with Gasteiger partial charge in [-0.25, -0.2) is 0 Å². The number of ether oxygens (including phenoxy) is 1. The van der Waals surface area contributed by atoms with Gasteiger partial charge in [0.05, 0.1) is 35.8 Å². The van der Waals surface area contributed by atoms with Crippen LogP contribution in [0.25, 0.3) is 0 Å². The van der Waals surface area contributed by atoms with Gasteiger partial charge in [0, 0.05) is 16.8 Å². The molecule has 0 aromatic rings. The number of thioether (sulfide) groups is 1. The number of esters is 1. The van der Waals surface area contributed by atoms with Crippen LogP contribution in [0.15, 0.2) is 25.3 Å². The summed E-state index contributed by atoms with van der Waals surface area (Å²) in [7, 11) is 0. The zero-order chi connectivity index (χ0) is 30.3. The molecule has 3 fully saturated rings. The van der Waals surface area contributed by atoms with E-state index in [1.807, 2.05) is 11.8 Å². The Balaban J connectivity index is 2.15. The molecule has 2 amide bonds. The first-order valence-corrected chi connectivity index (χ1v) is 15.6. The molecule has 226 valence electrons. The van der Waals surface area contributed by atoms with Gasteiger partial charge in [0.1, 0.15) is 6.04 Å². The lowest BCUT2D eigenvalue weighted by Gasteiger charge is -2.46. The summed E-state index contributed by atoms with van der Waals surface area (Å²) in [6.07, 6.45) is 6.70. The zero-order valence-electron chi connectivity index (χ0n) is 26.0. The molecule has 7 nitrogen and oxygen atoms in total. The van der Waals surface area contributed by atoms with Crippen LogP contribution in [0.3, 0.4) is 0 Å². The van der Waals surface area contributed by atoms with Crippen molar-refractivity contribution in [1.29, 1.82) is 0 Å². The first kappa shape index (κ1) is 32.7. The fourth-order valence-electron chi connectivity index (χ4n) is 7.85. The van der Waals surface area contributed by atoms with E-state index in [0.29, 0.717) is 25.8 Å². The average molecular weight is 577 g/mol. The Morgan fingerprint density at radius 2 is 1.85 bits per heavy atom. The minimum atomic E-state index is -0.780. The van der Waals surface area contributed by atoms with Crippen LogP contribution in [0, 0.1) is 23.2 Å². The molecular formula is C32H52N2O5S. The summed E-state index contributed by atoms with van der Waals surface area (Å²) >= 11 is 1.64. The second-order valence-corrected chi connectivity index (χ2v) is 16.4. The minimum Gasteiger partial charge on any atom is -0.465 e. The number of carbonyl (C=O) groups is 3. The van der Waals surface area contributed by atoms with E-state index in [1.54, 1.807) is 28.8 Å². The first-order chi connectivity index (χ1) is 18.5. The molecule has 3 aliphatic rings. The monoisotopic (exact) mass is 576 g/mol. The van der Waals surface area contributed by atoms with E-state index in [2.05, 4.69) is 61.6 Å². The Bertz CT molecular complexity index is 1000. The number of likely N-dealkylation sites (tertiary alicyclic amines) is 1. The molecule has 0 aromatic carbocycles. The van der Waals surface area contributed by atoms with Crippen LogP contribution in [0.5, 0.6) is 0 Å². The van der Waals surface area contributed by atoms with Crippen LogP contribution in [-0.4, -0.2) is 79.6 Å². The van der Waals surface area contributed by atoms with E-state index < -0.39 is 39.0 Å². The molecule has 3 heterocycles. The van der Waals surface area contributed by atoms with Crippen LogP contribution in [0.4, 0.5) is 0 Å². The van der Waals surface area contributed by atoms with E-state index in [0.717, 1.165) is 12.8 Å². The maximum Gasteiger partial charge on any atom is 0.311 e. The van der Waals surface area contributed by atoms with E-state index in [4.69, 9.17) is 4.74 Å². The number of fused-ring (bicyclic) bond motifs is 1. The Morgan fingerprint density at radius 1 is 1.20 bits per heavy atom. The van der Waals surface area contributed by atoms with Crippen molar-refractivity contribution >= 4 is 29.5 Å². The van der Waals surface area contributed by atoms with Gasteiger partial charge in [-0.15, -0.1) is 24.9 Å². The van der Waals surface area contributed by atoms with Crippen LogP contribution >= 0.6 is 11.8 Å². The summed E-state index contributed by atoms with van der Waals surface area (Å²) in [5.41, 5.74) is -0.539. The number of hydrogen-bond acceptors (Lipinski definition) is 6. The van der Waals surface area contributed by atoms with Crippen molar-refractivity contribution in [1.82, 2.24) is 9.80 Å². The molecule has 0 aliphatic carbocycles. The average Bonchev–Trinajstić information content (AvgIpc) is 3.39. The molecule has 0 radical (unpaired) electrons. The maximum absolute atomic E-state index is 14.9. The van der Waals surface area contributed by atoms with E-state index in [-0.39, 0.29) is 42.3 Å². The molecule has 6 atom stereocenters. The third-order valence-corrected chi connectivity index (χ3v) is 10.9.